The molecular weight excluding hydrogens is 410 g/mol. The lowest BCUT2D eigenvalue weighted by atomic mass is 10.1. The van der Waals surface area contributed by atoms with Crippen LogP contribution in [0.15, 0.2) is 52.5 Å². The Morgan fingerprint density at radius 2 is 1.97 bits per heavy atom. The van der Waals surface area contributed by atoms with Crippen LogP contribution in [-0.2, 0) is 6.54 Å². The molecule has 0 radical (unpaired) electrons. The Balaban J connectivity index is 1.24. The number of aromatic nitrogens is 4. The molecule has 7 nitrogen and oxygen atoms in total. The number of benzene rings is 1. The van der Waals surface area contributed by atoms with E-state index in [1.54, 1.807) is 17.6 Å². The molecule has 0 bridgehead atoms. The molecule has 0 saturated heterocycles. The lowest BCUT2D eigenvalue weighted by Crippen LogP contribution is -2.41. The van der Waals surface area contributed by atoms with E-state index in [0.717, 1.165) is 35.8 Å². The summed E-state index contributed by atoms with van der Waals surface area (Å²) in [5.74, 6) is 2.75. The number of hydrogen-bond acceptors (Lipinski definition) is 6. The molecule has 8 heteroatoms. The van der Waals surface area contributed by atoms with Gasteiger partial charge in [-0.3, -0.25) is 4.79 Å². The predicted octanol–water partition coefficient (Wildman–Crippen LogP) is 4.76. The molecule has 2 aliphatic rings. The predicted molar refractivity (Wildman–Crippen MR) is 117 cm³/mol. The number of carbonyl (C=O) groups is 1. The van der Waals surface area contributed by atoms with Gasteiger partial charge in [0.1, 0.15) is 12.0 Å². The van der Waals surface area contributed by atoms with Gasteiger partial charge in [0.2, 0.25) is 0 Å². The van der Waals surface area contributed by atoms with E-state index in [9.17, 15) is 4.79 Å². The Hall–Kier alpha value is -3.26. The minimum absolute atomic E-state index is 0.0125. The maximum absolute atomic E-state index is 13.2. The van der Waals surface area contributed by atoms with Gasteiger partial charge in [-0.05, 0) is 48.9 Å². The minimum Gasteiger partial charge on any atom is -0.448 e. The van der Waals surface area contributed by atoms with Crippen molar-refractivity contribution in [1.82, 2.24) is 24.6 Å². The molecule has 4 heterocycles. The number of carbonyl (C=O) groups excluding carboxylic acids is 1. The first-order valence-electron chi connectivity index (χ1n) is 10.5. The van der Waals surface area contributed by atoms with Crippen molar-refractivity contribution in [3.8, 4) is 22.0 Å². The van der Waals surface area contributed by atoms with E-state index < -0.39 is 0 Å². The van der Waals surface area contributed by atoms with Crippen LogP contribution in [-0.4, -0.2) is 37.1 Å². The van der Waals surface area contributed by atoms with Crippen molar-refractivity contribution in [2.24, 2.45) is 0 Å². The van der Waals surface area contributed by atoms with Gasteiger partial charge in [0, 0.05) is 29.4 Å². The largest absolute Gasteiger partial charge is 0.448 e. The van der Waals surface area contributed by atoms with Crippen LogP contribution in [0.5, 0.6) is 0 Å². The first-order chi connectivity index (χ1) is 15.2. The molecule has 1 amide bonds. The van der Waals surface area contributed by atoms with Gasteiger partial charge in [0.15, 0.2) is 17.5 Å². The van der Waals surface area contributed by atoms with Crippen LogP contribution in [0, 0.1) is 0 Å². The number of oxazole rings is 1. The summed E-state index contributed by atoms with van der Waals surface area (Å²) < 4.78 is 7.69. The molecule has 0 N–H and O–H groups in total. The zero-order valence-electron chi connectivity index (χ0n) is 17.1. The SMILES string of the molecule is CC1c2nnc(-c3coc(C4CC4)n3)n2CCN1C(=O)c1ccc(-c2cccs2)cc1. The summed E-state index contributed by atoms with van der Waals surface area (Å²) in [5, 5.41) is 10.8. The monoisotopic (exact) mass is 431 g/mol. The van der Waals surface area contributed by atoms with Crippen LogP contribution >= 0.6 is 11.3 Å². The van der Waals surface area contributed by atoms with Gasteiger partial charge in [-0.1, -0.05) is 18.2 Å². The van der Waals surface area contributed by atoms with Crippen molar-refractivity contribution in [1.29, 1.82) is 0 Å². The highest BCUT2D eigenvalue weighted by Crippen LogP contribution is 2.40. The van der Waals surface area contributed by atoms with Gasteiger partial charge in [0.05, 0.1) is 6.04 Å². The summed E-state index contributed by atoms with van der Waals surface area (Å²) in [6, 6.07) is 11.8. The van der Waals surface area contributed by atoms with Gasteiger partial charge < -0.3 is 13.9 Å². The zero-order valence-corrected chi connectivity index (χ0v) is 17.9. The molecule has 1 aliphatic carbocycles. The highest BCUT2D eigenvalue weighted by Gasteiger charge is 2.34. The van der Waals surface area contributed by atoms with E-state index in [-0.39, 0.29) is 11.9 Å². The number of rotatable bonds is 4. The molecule has 3 aromatic heterocycles. The van der Waals surface area contributed by atoms with Crippen molar-refractivity contribution >= 4 is 17.2 Å². The average molecular weight is 432 g/mol. The van der Waals surface area contributed by atoms with E-state index in [1.165, 1.54) is 4.88 Å². The lowest BCUT2D eigenvalue weighted by molar-refractivity contribution is 0.0638. The first kappa shape index (κ1) is 18.5. The molecular formula is C23H21N5O2S. The van der Waals surface area contributed by atoms with Crippen LogP contribution in [0.4, 0.5) is 0 Å². The van der Waals surface area contributed by atoms with Gasteiger partial charge in [-0.2, -0.15) is 0 Å². The molecule has 4 aromatic rings. The quantitative estimate of drug-likeness (QED) is 0.466. The van der Waals surface area contributed by atoms with Crippen molar-refractivity contribution in [2.45, 2.75) is 38.3 Å². The topological polar surface area (TPSA) is 77.1 Å². The molecule has 6 rings (SSSR count). The number of thiophene rings is 1. The summed E-state index contributed by atoms with van der Waals surface area (Å²) in [5.41, 5.74) is 2.53. The van der Waals surface area contributed by atoms with Crippen LogP contribution in [0.25, 0.3) is 22.0 Å². The van der Waals surface area contributed by atoms with Gasteiger partial charge >= 0.3 is 0 Å². The van der Waals surface area contributed by atoms with Crippen LogP contribution in [0.2, 0.25) is 0 Å². The Morgan fingerprint density at radius 1 is 1.13 bits per heavy atom. The molecule has 1 atom stereocenters. The first-order valence-corrected chi connectivity index (χ1v) is 11.4. The minimum atomic E-state index is -0.172. The molecule has 1 aromatic carbocycles. The Kier molecular flexibility index (Phi) is 4.27. The van der Waals surface area contributed by atoms with Crippen LogP contribution in [0.3, 0.4) is 0 Å². The summed E-state index contributed by atoms with van der Waals surface area (Å²) in [7, 11) is 0. The molecule has 1 aliphatic heterocycles. The van der Waals surface area contributed by atoms with Crippen molar-refractivity contribution in [3.63, 3.8) is 0 Å². The van der Waals surface area contributed by atoms with Crippen molar-refractivity contribution < 1.29 is 9.21 Å². The third-order valence-corrected chi connectivity index (χ3v) is 6.98. The highest BCUT2D eigenvalue weighted by atomic mass is 32.1. The summed E-state index contributed by atoms with van der Waals surface area (Å²) >= 11 is 1.69. The van der Waals surface area contributed by atoms with Gasteiger partial charge in [-0.25, -0.2) is 4.98 Å². The van der Waals surface area contributed by atoms with Gasteiger partial charge in [0.25, 0.3) is 5.91 Å². The van der Waals surface area contributed by atoms with E-state index in [4.69, 9.17) is 4.42 Å². The maximum atomic E-state index is 13.2. The second-order valence-electron chi connectivity index (χ2n) is 8.11. The Bertz CT molecular complexity index is 1240. The fourth-order valence-electron chi connectivity index (χ4n) is 4.15. The molecule has 1 saturated carbocycles. The smallest absolute Gasteiger partial charge is 0.254 e. The summed E-state index contributed by atoms with van der Waals surface area (Å²) in [4.78, 5) is 20.9. The third kappa shape index (κ3) is 3.18. The molecule has 31 heavy (non-hydrogen) atoms. The van der Waals surface area contributed by atoms with Crippen molar-refractivity contribution in [3.05, 3.63) is 65.3 Å². The average Bonchev–Trinajstić information content (AvgIpc) is 3.21. The van der Waals surface area contributed by atoms with E-state index >= 15 is 0 Å². The summed E-state index contributed by atoms with van der Waals surface area (Å²) in [6.45, 7) is 3.23. The standard InChI is InChI=1S/C23H21N5O2S/c1-14-20-25-26-21(18-13-30-22(24-18)16-6-7-16)28(20)11-10-27(14)23(29)17-8-4-15(5-9-17)19-3-2-12-31-19/h2-5,8-9,12-14,16H,6-7,10-11H2,1H3. The van der Waals surface area contributed by atoms with E-state index in [2.05, 4.69) is 31.2 Å². The second-order valence-corrected chi connectivity index (χ2v) is 9.06. The lowest BCUT2D eigenvalue weighted by Gasteiger charge is -2.33. The fourth-order valence-corrected chi connectivity index (χ4v) is 4.88. The number of amides is 1. The van der Waals surface area contributed by atoms with E-state index in [1.807, 2.05) is 42.2 Å². The Morgan fingerprint density at radius 3 is 2.71 bits per heavy atom. The summed E-state index contributed by atoms with van der Waals surface area (Å²) in [6.07, 6.45) is 3.95. The highest BCUT2D eigenvalue weighted by molar-refractivity contribution is 7.13. The number of hydrogen-bond donors (Lipinski definition) is 0. The zero-order chi connectivity index (χ0) is 20.9. The number of fused-ring (bicyclic) bond motifs is 1. The molecule has 0 spiro atoms. The molecule has 156 valence electrons. The Labute approximate surface area is 183 Å². The normalized spacial score (nSPS) is 18.2. The van der Waals surface area contributed by atoms with E-state index in [0.29, 0.717) is 30.4 Å². The van der Waals surface area contributed by atoms with Crippen molar-refractivity contribution in [2.75, 3.05) is 6.54 Å². The fraction of sp³-hybridized carbons (Fsp3) is 0.304. The second kappa shape index (κ2) is 7.16. The molecule has 1 fully saturated rings. The van der Waals surface area contributed by atoms with Crippen LogP contribution in [0.1, 0.15) is 53.8 Å². The molecule has 1 unspecified atom stereocenters. The van der Waals surface area contributed by atoms with Crippen LogP contribution < -0.4 is 0 Å². The number of nitrogens with zero attached hydrogens (tertiary/aromatic N) is 5. The third-order valence-electron chi connectivity index (χ3n) is 6.06. The maximum Gasteiger partial charge on any atom is 0.254 e. The van der Waals surface area contributed by atoms with Gasteiger partial charge in [-0.15, -0.1) is 21.5 Å².